The van der Waals surface area contributed by atoms with Crippen LogP contribution in [-0.2, 0) is 0 Å². The molecule has 1 aromatic rings. The van der Waals surface area contributed by atoms with Crippen molar-refractivity contribution in [2.24, 2.45) is 10.5 Å². The number of carbonyl (C=O) groups excluding carboxylic acids is 1. The number of aromatic carboxylic acids is 1. The van der Waals surface area contributed by atoms with Gasteiger partial charge in [-0.25, -0.2) is 0 Å². The highest BCUT2D eigenvalue weighted by Gasteiger charge is 2.24. The monoisotopic (exact) mass is 271 g/mol. The first-order valence-corrected chi connectivity index (χ1v) is 6.67. The fourth-order valence-corrected chi connectivity index (χ4v) is 2.58. The number of carboxylic acids is 1. The van der Waals surface area contributed by atoms with Gasteiger partial charge in [0.05, 0.1) is 17.4 Å². The standard InChI is InChI=1S/C16H20N2O2/c1-11-8-14(10-16(2,3)9-11)18-17-13-6-4-12(5-7-13)15(19)20/h4-8,17H,9-10H2,1-3H3,(H,19,20)/p-1/b18-14-. The number of hydrogen-bond donors (Lipinski definition) is 1. The van der Waals surface area contributed by atoms with E-state index in [0.717, 1.165) is 24.2 Å². The molecule has 0 unspecified atom stereocenters. The zero-order valence-corrected chi connectivity index (χ0v) is 12.1. The van der Waals surface area contributed by atoms with Crippen LogP contribution in [-0.4, -0.2) is 11.7 Å². The van der Waals surface area contributed by atoms with E-state index in [2.05, 4.69) is 37.4 Å². The first kappa shape index (κ1) is 14.3. The molecule has 1 aliphatic rings. The summed E-state index contributed by atoms with van der Waals surface area (Å²) in [6.07, 6.45) is 4.12. The van der Waals surface area contributed by atoms with Gasteiger partial charge < -0.3 is 9.90 Å². The minimum atomic E-state index is -1.17. The van der Waals surface area contributed by atoms with Gasteiger partial charge in [0.1, 0.15) is 0 Å². The molecule has 106 valence electrons. The molecule has 0 aromatic heterocycles. The Labute approximate surface area is 119 Å². The number of carbonyl (C=O) groups is 1. The highest BCUT2D eigenvalue weighted by molar-refractivity contribution is 5.97. The molecule has 0 bridgehead atoms. The molecule has 0 saturated carbocycles. The molecule has 0 fully saturated rings. The number of hydrazone groups is 1. The number of carboxylic acid groups (broad SMARTS) is 1. The molecule has 1 aromatic carbocycles. The first-order valence-electron chi connectivity index (χ1n) is 6.67. The number of benzene rings is 1. The summed E-state index contributed by atoms with van der Waals surface area (Å²) >= 11 is 0. The van der Waals surface area contributed by atoms with E-state index in [4.69, 9.17) is 0 Å². The third kappa shape index (κ3) is 3.70. The quantitative estimate of drug-likeness (QED) is 0.859. The second kappa shape index (κ2) is 5.49. The molecule has 0 saturated heterocycles. The summed E-state index contributed by atoms with van der Waals surface area (Å²) < 4.78 is 0. The Morgan fingerprint density at radius 1 is 1.25 bits per heavy atom. The van der Waals surface area contributed by atoms with Gasteiger partial charge in [-0.1, -0.05) is 31.6 Å². The van der Waals surface area contributed by atoms with Crippen LogP contribution in [0.5, 0.6) is 0 Å². The lowest BCUT2D eigenvalue weighted by Gasteiger charge is -2.29. The minimum absolute atomic E-state index is 0.165. The summed E-state index contributed by atoms with van der Waals surface area (Å²) in [6.45, 7) is 6.58. The van der Waals surface area contributed by atoms with E-state index >= 15 is 0 Å². The van der Waals surface area contributed by atoms with Crippen molar-refractivity contribution >= 4 is 17.4 Å². The van der Waals surface area contributed by atoms with E-state index in [1.165, 1.54) is 17.7 Å². The van der Waals surface area contributed by atoms with E-state index in [1.807, 2.05) is 0 Å². The molecule has 1 N–H and O–H groups in total. The van der Waals surface area contributed by atoms with E-state index in [-0.39, 0.29) is 11.0 Å². The van der Waals surface area contributed by atoms with Crippen LogP contribution in [0.4, 0.5) is 5.69 Å². The highest BCUT2D eigenvalue weighted by Crippen LogP contribution is 2.33. The van der Waals surface area contributed by atoms with Crippen molar-refractivity contribution in [1.82, 2.24) is 0 Å². The lowest BCUT2D eigenvalue weighted by molar-refractivity contribution is -0.255. The van der Waals surface area contributed by atoms with Crippen molar-refractivity contribution in [3.05, 3.63) is 41.5 Å². The average Bonchev–Trinajstić information content (AvgIpc) is 2.34. The van der Waals surface area contributed by atoms with Crippen molar-refractivity contribution in [3.63, 3.8) is 0 Å². The predicted octanol–water partition coefficient (Wildman–Crippen LogP) is 2.58. The van der Waals surface area contributed by atoms with Gasteiger partial charge >= 0.3 is 0 Å². The predicted molar refractivity (Wildman–Crippen MR) is 78.6 cm³/mol. The zero-order valence-electron chi connectivity index (χ0n) is 12.1. The largest absolute Gasteiger partial charge is 0.545 e. The molecular formula is C16H19N2O2-. The summed E-state index contributed by atoms with van der Waals surface area (Å²) in [7, 11) is 0. The van der Waals surface area contributed by atoms with E-state index in [0.29, 0.717) is 0 Å². The van der Waals surface area contributed by atoms with Gasteiger partial charge in [0.15, 0.2) is 0 Å². The van der Waals surface area contributed by atoms with Crippen LogP contribution >= 0.6 is 0 Å². The van der Waals surface area contributed by atoms with Gasteiger partial charge in [-0.05, 0) is 49.0 Å². The van der Waals surface area contributed by atoms with Gasteiger partial charge in [-0.3, -0.25) is 5.43 Å². The number of allylic oxidation sites excluding steroid dienone is 2. The molecule has 4 heteroatoms. The Hall–Kier alpha value is -2.10. The van der Waals surface area contributed by atoms with Gasteiger partial charge in [-0.15, -0.1) is 0 Å². The smallest absolute Gasteiger partial charge is 0.0715 e. The van der Waals surface area contributed by atoms with E-state index in [1.54, 1.807) is 12.1 Å². The maximum absolute atomic E-state index is 10.7. The van der Waals surface area contributed by atoms with Gasteiger partial charge in [0.2, 0.25) is 0 Å². The Kier molecular flexibility index (Phi) is 3.93. The fourth-order valence-electron chi connectivity index (χ4n) is 2.58. The second-order valence-electron chi connectivity index (χ2n) is 6.09. The molecule has 0 atom stereocenters. The molecule has 0 aliphatic heterocycles. The maximum atomic E-state index is 10.7. The molecule has 0 amide bonds. The molecule has 1 aliphatic carbocycles. The average molecular weight is 271 g/mol. The molecular weight excluding hydrogens is 252 g/mol. The van der Waals surface area contributed by atoms with Crippen LogP contribution in [0.1, 0.15) is 44.0 Å². The van der Waals surface area contributed by atoms with Crippen LogP contribution in [0.3, 0.4) is 0 Å². The minimum Gasteiger partial charge on any atom is -0.545 e. The van der Waals surface area contributed by atoms with Crippen LogP contribution in [0, 0.1) is 5.41 Å². The topological polar surface area (TPSA) is 64.5 Å². The Bertz CT molecular complexity index is 569. The Morgan fingerprint density at radius 2 is 1.90 bits per heavy atom. The summed E-state index contributed by atoms with van der Waals surface area (Å²) in [5.74, 6) is -1.17. The van der Waals surface area contributed by atoms with Crippen molar-refractivity contribution in [2.45, 2.75) is 33.6 Å². The molecule has 0 spiro atoms. The molecule has 20 heavy (non-hydrogen) atoms. The Morgan fingerprint density at radius 3 is 2.45 bits per heavy atom. The zero-order chi connectivity index (χ0) is 14.8. The highest BCUT2D eigenvalue weighted by atomic mass is 16.4. The van der Waals surface area contributed by atoms with Crippen LogP contribution in [0.25, 0.3) is 0 Å². The summed E-state index contributed by atoms with van der Waals surface area (Å²) in [6, 6.07) is 6.37. The van der Waals surface area contributed by atoms with Gasteiger partial charge in [0.25, 0.3) is 0 Å². The first-order chi connectivity index (χ1) is 9.35. The fraction of sp³-hybridized carbons (Fsp3) is 0.375. The number of hydrogen-bond acceptors (Lipinski definition) is 4. The number of rotatable bonds is 3. The number of nitrogens with one attached hydrogen (secondary N) is 1. The third-order valence-corrected chi connectivity index (χ3v) is 3.28. The van der Waals surface area contributed by atoms with Crippen molar-refractivity contribution in [3.8, 4) is 0 Å². The third-order valence-electron chi connectivity index (χ3n) is 3.28. The lowest BCUT2D eigenvalue weighted by atomic mass is 9.77. The number of anilines is 1. The van der Waals surface area contributed by atoms with Crippen LogP contribution in [0.2, 0.25) is 0 Å². The molecule has 2 rings (SSSR count). The van der Waals surface area contributed by atoms with Gasteiger partial charge in [0, 0.05) is 0 Å². The lowest BCUT2D eigenvalue weighted by Crippen LogP contribution is -2.22. The van der Waals surface area contributed by atoms with E-state index in [9.17, 15) is 9.90 Å². The molecule has 0 heterocycles. The SMILES string of the molecule is CC1=C/C(=N/Nc2ccc(C(=O)[O-])cc2)CC(C)(C)C1. The molecule has 0 radical (unpaired) electrons. The molecule has 4 nitrogen and oxygen atoms in total. The van der Waals surface area contributed by atoms with E-state index < -0.39 is 5.97 Å². The summed E-state index contributed by atoms with van der Waals surface area (Å²) in [4.78, 5) is 10.7. The number of nitrogens with zero attached hydrogens (tertiary/aromatic N) is 1. The van der Waals surface area contributed by atoms with Crippen molar-refractivity contribution < 1.29 is 9.90 Å². The van der Waals surface area contributed by atoms with Crippen molar-refractivity contribution in [2.75, 3.05) is 5.43 Å². The maximum Gasteiger partial charge on any atom is 0.0715 e. The Balaban J connectivity index is 2.09. The second-order valence-corrected chi connectivity index (χ2v) is 6.09. The normalized spacial score (nSPS) is 19.6. The van der Waals surface area contributed by atoms with Crippen LogP contribution < -0.4 is 10.5 Å². The van der Waals surface area contributed by atoms with Crippen molar-refractivity contribution in [1.29, 1.82) is 0 Å². The van der Waals surface area contributed by atoms with Gasteiger partial charge in [-0.2, -0.15) is 5.10 Å². The van der Waals surface area contributed by atoms with Crippen LogP contribution in [0.15, 0.2) is 41.0 Å². The summed E-state index contributed by atoms with van der Waals surface area (Å²) in [5, 5.41) is 15.1. The summed E-state index contributed by atoms with van der Waals surface area (Å²) in [5.41, 5.74) is 6.47.